The van der Waals surface area contributed by atoms with Gasteiger partial charge in [-0.15, -0.1) is 0 Å². The van der Waals surface area contributed by atoms with Gasteiger partial charge in [-0.2, -0.15) is 0 Å². The van der Waals surface area contributed by atoms with Crippen LogP contribution in [0.15, 0.2) is 267 Å². The molecule has 0 N–H and O–H groups in total. The number of hydrogen-bond donors (Lipinski definition) is 0. The average Bonchev–Trinajstić information content (AvgIpc) is 1.11. The minimum Gasteiger partial charge on any atom is -0.228 e. The molecule has 4 nitrogen and oxygen atoms in total. The van der Waals surface area contributed by atoms with Crippen molar-refractivity contribution in [2.75, 3.05) is 0 Å². The zero-order chi connectivity index (χ0) is 57.4. The third kappa shape index (κ3) is 7.82. The van der Waals surface area contributed by atoms with Crippen LogP contribution in [-0.2, 0) is 10.8 Å². The minimum atomic E-state index is -0.0887. The topological polar surface area (TPSA) is 51.6 Å². The summed E-state index contributed by atoms with van der Waals surface area (Å²) in [5, 5.41) is 0. The van der Waals surface area contributed by atoms with Crippen molar-refractivity contribution in [2.45, 2.75) is 50.4 Å². The number of benzene rings is 11. The molecule has 13 aromatic rings. The molecule has 2 bridgehead atoms. The molecule has 0 fully saturated rings. The molecule has 0 radical (unpaired) electrons. The number of fused-ring (bicyclic) bond motifs is 6. The van der Waals surface area contributed by atoms with E-state index in [9.17, 15) is 0 Å². The maximum absolute atomic E-state index is 5.38. The fraction of sp³-hybridized carbons (Fsp3) is 0.0976. The molecule has 2 atom stereocenters. The van der Waals surface area contributed by atoms with E-state index in [1.807, 2.05) is 12.1 Å². The number of hydrogen-bond acceptors (Lipinski definition) is 4. The highest BCUT2D eigenvalue weighted by atomic mass is 14.9. The maximum Gasteiger partial charge on any atom is 0.160 e. The first-order valence-electron chi connectivity index (χ1n) is 30.1. The lowest BCUT2D eigenvalue weighted by Gasteiger charge is -2.42. The molecule has 2 unspecified atom stereocenters. The van der Waals surface area contributed by atoms with E-state index < -0.39 is 0 Å². The SMILES string of the molecule is CC1(C)c2ccccc2-c2ccc(-c3cccc(-c4cc(-c5ccc6c(c5)C5c7ccccc7C6c6cc(-c7cc(-c8cccc(-c9ccc%10c(c9)C(C)(C)c9ccccc9-%10)c8)nc(-c8ccccc8)n7)ccc65)nc(-c5ccccc5)n4)c3)cc21. The van der Waals surface area contributed by atoms with Gasteiger partial charge in [0.2, 0.25) is 0 Å². The molecule has 5 aliphatic rings. The summed E-state index contributed by atoms with van der Waals surface area (Å²) in [6.45, 7) is 9.38. The predicted octanol–water partition coefficient (Wildman–Crippen LogP) is 20.2. The van der Waals surface area contributed by atoms with E-state index in [0.29, 0.717) is 11.6 Å². The fourth-order valence-electron chi connectivity index (χ4n) is 14.9. The summed E-state index contributed by atoms with van der Waals surface area (Å²) in [6.07, 6.45) is 0. The molecule has 0 aliphatic heterocycles. The Morgan fingerprint density at radius 2 is 0.535 bits per heavy atom. The van der Waals surface area contributed by atoms with Crippen LogP contribution < -0.4 is 0 Å². The van der Waals surface area contributed by atoms with Gasteiger partial charge in [-0.25, -0.2) is 19.9 Å². The lowest BCUT2D eigenvalue weighted by Crippen LogP contribution is -2.27. The van der Waals surface area contributed by atoms with Crippen molar-refractivity contribution in [2.24, 2.45) is 0 Å². The van der Waals surface area contributed by atoms with Gasteiger partial charge in [-0.3, -0.25) is 0 Å². The van der Waals surface area contributed by atoms with Gasteiger partial charge in [-0.1, -0.05) is 246 Å². The molecule has 2 heterocycles. The van der Waals surface area contributed by atoms with Crippen LogP contribution in [0, 0.1) is 0 Å². The third-order valence-electron chi connectivity index (χ3n) is 19.3. The molecule has 5 aliphatic carbocycles. The third-order valence-corrected chi connectivity index (χ3v) is 19.3. The van der Waals surface area contributed by atoms with Crippen molar-refractivity contribution in [1.82, 2.24) is 19.9 Å². The second kappa shape index (κ2) is 19.1. The molecular formula is C82H58N4. The maximum atomic E-state index is 5.38. The Morgan fingerprint density at radius 3 is 0.965 bits per heavy atom. The van der Waals surface area contributed by atoms with Gasteiger partial charge in [-0.05, 0) is 149 Å². The Morgan fingerprint density at radius 1 is 0.221 bits per heavy atom. The van der Waals surface area contributed by atoms with E-state index >= 15 is 0 Å². The van der Waals surface area contributed by atoms with Crippen molar-refractivity contribution in [3.63, 3.8) is 0 Å². The van der Waals surface area contributed by atoms with Gasteiger partial charge in [0.15, 0.2) is 11.6 Å². The normalized spacial score (nSPS) is 15.6. The number of rotatable bonds is 8. The smallest absolute Gasteiger partial charge is 0.160 e. The molecule has 2 aromatic heterocycles. The number of aromatic nitrogens is 4. The van der Waals surface area contributed by atoms with Gasteiger partial charge in [0.1, 0.15) is 0 Å². The Bertz CT molecular complexity index is 4640. The standard InChI is InChI=1S/C82H58N4/c1-81(2)69-31-15-13-27-59(69)61-37-33-53(45-71(61)81)51-23-17-25-55(41-51)73-47-75(85-79(83-73)49-19-7-5-8-20-49)57-35-39-65-67(43-57)77-63-29-11-12-30-64(63)78(65)68-44-58(36-40-66(68)77)76-48-74(84-80(86-76)50-21-9-6-10-22-50)56-26-18-24-52(42-56)54-34-38-62-60-28-14-16-32-70(60)82(3,4)72(62)46-54/h5-48,77-78H,1-4H3. The second-order valence-electron chi connectivity index (χ2n) is 24.9. The van der Waals surface area contributed by atoms with Gasteiger partial charge >= 0.3 is 0 Å². The summed E-state index contributed by atoms with van der Waals surface area (Å²) in [6, 6.07) is 97.8. The average molecular weight is 1100 g/mol. The van der Waals surface area contributed by atoms with E-state index in [4.69, 9.17) is 19.9 Å². The van der Waals surface area contributed by atoms with Crippen molar-refractivity contribution < 1.29 is 0 Å². The zero-order valence-electron chi connectivity index (χ0n) is 48.3. The summed E-state index contributed by atoms with van der Waals surface area (Å²) in [4.78, 5) is 21.4. The Balaban J connectivity index is 0.741. The molecular weight excluding hydrogens is 1040 g/mol. The van der Waals surface area contributed by atoms with E-state index in [1.165, 1.54) is 89.0 Å². The van der Waals surface area contributed by atoms with Crippen LogP contribution in [0.2, 0.25) is 0 Å². The summed E-state index contributed by atoms with van der Waals surface area (Å²) < 4.78 is 0. The quantitative estimate of drug-likeness (QED) is 0.152. The first kappa shape index (κ1) is 50.1. The first-order chi connectivity index (χ1) is 42.1. The van der Waals surface area contributed by atoms with E-state index in [0.717, 1.165) is 67.3 Å². The first-order valence-corrected chi connectivity index (χ1v) is 30.1. The second-order valence-corrected chi connectivity index (χ2v) is 24.9. The summed E-state index contributed by atoms with van der Waals surface area (Å²) in [5.74, 6) is 1.48. The van der Waals surface area contributed by atoms with Crippen LogP contribution in [0.5, 0.6) is 0 Å². The lowest BCUT2D eigenvalue weighted by atomic mass is 9.60. The Hall–Kier alpha value is -10.4. The van der Waals surface area contributed by atoms with Crippen LogP contribution in [-0.4, -0.2) is 19.9 Å². The Labute approximate surface area is 502 Å². The lowest BCUT2D eigenvalue weighted by molar-refractivity contribution is 0.660. The van der Waals surface area contributed by atoms with E-state index in [2.05, 4.69) is 282 Å². The van der Waals surface area contributed by atoms with Gasteiger partial charge in [0, 0.05) is 56.0 Å². The molecule has 0 spiro atoms. The van der Waals surface area contributed by atoms with E-state index in [1.54, 1.807) is 0 Å². The minimum absolute atomic E-state index is 0.0365. The van der Waals surface area contributed by atoms with Crippen molar-refractivity contribution >= 4 is 0 Å². The van der Waals surface area contributed by atoms with Gasteiger partial charge in [0.25, 0.3) is 0 Å². The number of nitrogens with zero attached hydrogens (tertiary/aromatic N) is 4. The van der Waals surface area contributed by atoms with Gasteiger partial charge < -0.3 is 0 Å². The molecule has 4 heteroatoms. The van der Waals surface area contributed by atoms with Crippen LogP contribution in [0.4, 0.5) is 0 Å². The fourth-order valence-corrected chi connectivity index (χ4v) is 14.9. The molecule has 11 aromatic carbocycles. The van der Waals surface area contributed by atoms with Gasteiger partial charge in [0.05, 0.1) is 22.8 Å². The van der Waals surface area contributed by atoms with E-state index in [-0.39, 0.29) is 22.7 Å². The molecule has 0 saturated carbocycles. The van der Waals surface area contributed by atoms with Crippen LogP contribution in [0.3, 0.4) is 0 Å². The molecule has 0 saturated heterocycles. The molecule has 86 heavy (non-hydrogen) atoms. The van der Waals surface area contributed by atoms with Crippen LogP contribution >= 0.6 is 0 Å². The summed E-state index contributed by atoms with van der Waals surface area (Å²) in [5.41, 5.74) is 33.1. The molecule has 18 rings (SSSR count). The van der Waals surface area contributed by atoms with Crippen molar-refractivity contribution in [3.8, 4) is 112 Å². The van der Waals surface area contributed by atoms with Crippen molar-refractivity contribution in [3.05, 3.63) is 323 Å². The summed E-state index contributed by atoms with van der Waals surface area (Å²) >= 11 is 0. The Kier molecular flexibility index (Phi) is 11.1. The van der Waals surface area contributed by atoms with Crippen molar-refractivity contribution in [1.29, 1.82) is 0 Å². The highest BCUT2D eigenvalue weighted by molar-refractivity contribution is 5.87. The predicted molar refractivity (Wildman–Crippen MR) is 351 cm³/mol. The highest BCUT2D eigenvalue weighted by Crippen LogP contribution is 2.57. The molecule has 0 amide bonds. The largest absolute Gasteiger partial charge is 0.228 e. The monoisotopic (exact) mass is 1100 g/mol. The highest BCUT2D eigenvalue weighted by Gasteiger charge is 2.42. The molecule has 406 valence electrons. The zero-order valence-corrected chi connectivity index (χ0v) is 48.3. The van der Waals surface area contributed by atoms with Crippen LogP contribution in [0.25, 0.3) is 112 Å². The summed E-state index contributed by atoms with van der Waals surface area (Å²) in [7, 11) is 0. The van der Waals surface area contributed by atoms with Crippen LogP contribution in [0.1, 0.15) is 95.2 Å².